The summed E-state index contributed by atoms with van der Waals surface area (Å²) in [7, 11) is 0. The zero-order valence-corrected chi connectivity index (χ0v) is 7.99. The number of hydrogen-bond donors (Lipinski definition) is 0. The Bertz CT molecular complexity index is 374. The van der Waals surface area contributed by atoms with Crippen LogP contribution in [0.4, 0.5) is 0 Å². The number of hydrogen-bond acceptors (Lipinski definition) is 1. The Hall–Kier alpha value is -1.37. The van der Waals surface area contributed by atoms with Gasteiger partial charge in [0.2, 0.25) is 0 Å². The van der Waals surface area contributed by atoms with E-state index in [4.69, 9.17) is 0 Å². The molecule has 0 bridgehead atoms. The SMILES string of the molecule is C/C=C1/c2ccccc2C=NC1C. The third kappa shape index (κ3) is 1.31. The van der Waals surface area contributed by atoms with E-state index in [1.54, 1.807) is 0 Å². The normalized spacial score (nSPS) is 23.2. The minimum absolute atomic E-state index is 0.305. The molecular weight excluding hydrogens is 158 g/mol. The van der Waals surface area contributed by atoms with Crippen LogP contribution in [0.2, 0.25) is 0 Å². The van der Waals surface area contributed by atoms with Gasteiger partial charge in [-0.3, -0.25) is 4.99 Å². The molecule has 0 saturated carbocycles. The maximum atomic E-state index is 4.43. The predicted octanol–water partition coefficient (Wildman–Crippen LogP) is 2.91. The van der Waals surface area contributed by atoms with Crippen LogP contribution in [-0.2, 0) is 0 Å². The van der Waals surface area contributed by atoms with Gasteiger partial charge in [0.1, 0.15) is 0 Å². The first kappa shape index (κ1) is 8.24. The van der Waals surface area contributed by atoms with E-state index < -0.39 is 0 Å². The molecule has 1 aliphatic heterocycles. The van der Waals surface area contributed by atoms with Gasteiger partial charge >= 0.3 is 0 Å². The molecule has 1 heteroatoms. The summed E-state index contributed by atoms with van der Waals surface area (Å²) >= 11 is 0. The summed E-state index contributed by atoms with van der Waals surface area (Å²) in [5.74, 6) is 0. The van der Waals surface area contributed by atoms with Gasteiger partial charge in [-0.25, -0.2) is 0 Å². The third-order valence-electron chi connectivity index (χ3n) is 2.47. The molecule has 0 spiro atoms. The molecule has 0 N–H and O–H groups in total. The molecule has 1 aliphatic rings. The highest BCUT2D eigenvalue weighted by Gasteiger charge is 2.14. The summed E-state index contributed by atoms with van der Waals surface area (Å²) in [6, 6.07) is 8.70. The Morgan fingerprint density at radius 3 is 2.85 bits per heavy atom. The van der Waals surface area contributed by atoms with Gasteiger partial charge in [0.05, 0.1) is 6.04 Å². The van der Waals surface area contributed by atoms with Crippen LogP contribution < -0.4 is 0 Å². The second kappa shape index (κ2) is 3.17. The topological polar surface area (TPSA) is 12.4 Å². The largest absolute Gasteiger partial charge is 0.285 e. The van der Waals surface area contributed by atoms with E-state index in [1.807, 2.05) is 12.3 Å². The molecule has 1 atom stereocenters. The number of benzene rings is 1. The van der Waals surface area contributed by atoms with Gasteiger partial charge in [-0.2, -0.15) is 0 Å². The predicted molar refractivity (Wildman–Crippen MR) is 57.1 cm³/mol. The van der Waals surface area contributed by atoms with Gasteiger partial charge in [-0.1, -0.05) is 30.3 Å². The van der Waals surface area contributed by atoms with E-state index in [1.165, 1.54) is 16.7 Å². The molecule has 66 valence electrons. The number of rotatable bonds is 0. The first-order chi connectivity index (χ1) is 6.33. The Labute approximate surface area is 78.8 Å². The van der Waals surface area contributed by atoms with E-state index >= 15 is 0 Å². The highest BCUT2D eigenvalue weighted by Crippen LogP contribution is 2.26. The van der Waals surface area contributed by atoms with Gasteiger partial charge in [-0.15, -0.1) is 0 Å². The number of aliphatic imine (C=N–C) groups is 1. The van der Waals surface area contributed by atoms with Gasteiger partial charge in [0.25, 0.3) is 0 Å². The first-order valence-corrected chi connectivity index (χ1v) is 4.61. The number of fused-ring (bicyclic) bond motifs is 1. The van der Waals surface area contributed by atoms with Crippen molar-refractivity contribution < 1.29 is 0 Å². The molecule has 0 radical (unpaired) electrons. The molecule has 2 rings (SSSR count). The van der Waals surface area contributed by atoms with Crippen molar-refractivity contribution in [3.8, 4) is 0 Å². The smallest absolute Gasteiger partial charge is 0.0723 e. The van der Waals surface area contributed by atoms with Crippen LogP contribution in [0.5, 0.6) is 0 Å². The third-order valence-corrected chi connectivity index (χ3v) is 2.47. The average molecular weight is 171 g/mol. The minimum atomic E-state index is 0.305. The van der Waals surface area contributed by atoms with Crippen molar-refractivity contribution in [2.75, 3.05) is 0 Å². The lowest BCUT2D eigenvalue weighted by atomic mass is 9.93. The summed E-state index contributed by atoms with van der Waals surface area (Å²) in [4.78, 5) is 4.43. The van der Waals surface area contributed by atoms with E-state index in [-0.39, 0.29) is 0 Å². The summed E-state index contributed by atoms with van der Waals surface area (Å²) in [5, 5.41) is 0. The number of allylic oxidation sites excluding steroid dienone is 1. The standard InChI is InChI=1S/C12H13N/c1-3-11-9(2)13-8-10-6-4-5-7-12(10)11/h3-9H,1-2H3/b11-3+. The second-order valence-electron chi connectivity index (χ2n) is 3.29. The Kier molecular flexibility index (Phi) is 2.01. The van der Waals surface area contributed by atoms with Crippen molar-refractivity contribution in [1.29, 1.82) is 0 Å². The lowest BCUT2D eigenvalue weighted by Gasteiger charge is -2.18. The summed E-state index contributed by atoms with van der Waals surface area (Å²) in [5.41, 5.74) is 3.89. The van der Waals surface area contributed by atoms with Crippen LogP contribution in [0.3, 0.4) is 0 Å². The van der Waals surface area contributed by atoms with Gasteiger partial charge in [-0.05, 0) is 30.5 Å². The Morgan fingerprint density at radius 1 is 1.31 bits per heavy atom. The van der Waals surface area contributed by atoms with Crippen molar-refractivity contribution in [3.63, 3.8) is 0 Å². The van der Waals surface area contributed by atoms with Crippen LogP contribution in [-0.4, -0.2) is 12.3 Å². The molecule has 13 heavy (non-hydrogen) atoms. The van der Waals surface area contributed by atoms with Crippen molar-refractivity contribution in [3.05, 3.63) is 41.5 Å². The van der Waals surface area contributed by atoms with Crippen LogP contribution in [0.1, 0.15) is 25.0 Å². The molecule has 1 aromatic rings. The lowest BCUT2D eigenvalue weighted by Crippen LogP contribution is -2.10. The quantitative estimate of drug-likeness (QED) is 0.569. The van der Waals surface area contributed by atoms with Gasteiger partial charge < -0.3 is 0 Å². The van der Waals surface area contributed by atoms with Crippen molar-refractivity contribution >= 4 is 11.8 Å². The molecule has 0 fully saturated rings. The summed E-state index contributed by atoms with van der Waals surface area (Å²) in [6.07, 6.45) is 4.12. The van der Waals surface area contributed by atoms with E-state index in [0.717, 1.165) is 0 Å². The fourth-order valence-electron chi connectivity index (χ4n) is 1.77. The summed E-state index contributed by atoms with van der Waals surface area (Å²) in [6.45, 7) is 4.20. The molecule has 0 saturated heterocycles. The highest BCUT2D eigenvalue weighted by atomic mass is 14.8. The molecule has 1 unspecified atom stereocenters. The van der Waals surface area contributed by atoms with Crippen LogP contribution >= 0.6 is 0 Å². The van der Waals surface area contributed by atoms with E-state index in [9.17, 15) is 0 Å². The van der Waals surface area contributed by atoms with Crippen molar-refractivity contribution in [2.24, 2.45) is 4.99 Å². The van der Waals surface area contributed by atoms with Crippen LogP contribution in [0.15, 0.2) is 35.3 Å². The molecular formula is C12H13N. The van der Waals surface area contributed by atoms with E-state index in [2.05, 4.69) is 43.1 Å². The molecule has 0 amide bonds. The number of nitrogens with zero attached hydrogens (tertiary/aromatic N) is 1. The monoisotopic (exact) mass is 171 g/mol. The molecule has 0 aromatic heterocycles. The fourth-order valence-corrected chi connectivity index (χ4v) is 1.77. The molecule has 1 aromatic carbocycles. The first-order valence-electron chi connectivity index (χ1n) is 4.61. The Balaban J connectivity index is 2.60. The molecule has 1 nitrogen and oxygen atoms in total. The average Bonchev–Trinajstić information content (AvgIpc) is 2.18. The lowest BCUT2D eigenvalue weighted by molar-refractivity contribution is 0.941. The highest BCUT2D eigenvalue weighted by molar-refractivity contribution is 5.93. The van der Waals surface area contributed by atoms with Crippen molar-refractivity contribution in [2.45, 2.75) is 19.9 Å². The second-order valence-corrected chi connectivity index (χ2v) is 3.29. The minimum Gasteiger partial charge on any atom is -0.285 e. The van der Waals surface area contributed by atoms with Gasteiger partial charge in [0, 0.05) is 6.21 Å². The zero-order valence-electron chi connectivity index (χ0n) is 7.99. The van der Waals surface area contributed by atoms with Crippen LogP contribution in [0.25, 0.3) is 5.57 Å². The molecule has 0 aliphatic carbocycles. The van der Waals surface area contributed by atoms with Gasteiger partial charge in [0.15, 0.2) is 0 Å². The van der Waals surface area contributed by atoms with Crippen LogP contribution in [0, 0.1) is 0 Å². The van der Waals surface area contributed by atoms with E-state index in [0.29, 0.717) is 6.04 Å². The maximum absolute atomic E-state index is 4.43. The Morgan fingerprint density at radius 2 is 2.08 bits per heavy atom. The maximum Gasteiger partial charge on any atom is 0.0723 e. The van der Waals surface area contributed by atoms with Crippen molar-refractivity contribution in [1.82, 2.24) is 0 Å². The zero-order chi connectivity index (χ0) is 9.26. The summed E-state index contributed by atoms with van der Waals surface area (Å²) < 4.78 is 0. The fraction of sp³-hybridized carbons (Fsp3) is 0.250. The molecule has 1 heterocycles.